The first-order chi connectivity index (χ1) is 8.16. The Morgan fingerprint density at radius 1 is 1.53 bits per heavy atom. The van der Waals surface area contributed by atoms with E-state index in [2.05, 4.69) is 15.3 Å². The molecule has 0 radical (unpaired) electrons. The third-order valence-corrected chi connectivity index (χ3v) is 3.38. The predicted molar refractivity (Wildman–Crippen MR) is 68.2 cm³/mol. The Balaban J connectivity index is 2.06. The maximum absolute atomic E-state index is 11.8. The molecule has 1 atom stereocenters. The van der Waals surface area contributed by atoms with Crippen molar-refractivity contribution in [1.29, 1.82) is 0 Å². The lowest BCUT2D eigenvalue weighted by atomic mass is 9.96. The lowest BCUT2D eigenvalue weighted by molar-refractivity contribution is 0.370. The van der Waals surface area contributed by atoms with Crippen molar-refractivity contribution in [3.05, 3.63) is 27.9 Å². The van der Waals surface area contributed by atoms with Gasteiger partial charge in [0.2, 0.25) is 0 Å². The van der Waals surface area contributed by atoms with Crippen LogP contribution in [0.3, 0.4) is 0 Å². The van der Waals surface area contributed by atoms with E-state index in [4.69, 9.17) is 0 Å². The molecule has 1 unspecified atom stereocenters. The maximum Gasteiger partial charge on any atom is 0.254 e. The largest absolute Gasteiger partial charge is 0.316 e. The molecule has 0 saturated carbocycles. The van der Waals surface area contributed by atoms with Gasteiger partial charge in [0, 0.05) is 18.2 Å². The van der Waals surface area contributed by atoms with Gasteiger partial charge in [0.05, 0.1) is 0 Å². The van der Waals surface area contributed by atoms with Crippen LogP contribution in [0.25, 0.3) is 0 Å². The van der Waals surface area contributed by atoms with Crippen LogP contribution in [-0.4, -0.2) is 23.1 Å². The summed E-state index contributed by atoms with van der Waals surface area (Å²) in [5.74, 6) is 1.67. The van der Waals surface area contributed by atoms with Gasteiger partial charge in [0.15, 0.2) is 0 Å². The van der Waals surface area contributed by atoms with E-state index < -0.39 is 0 Å². The van der Waals surface area contributed by atoms with Crippen LogP contribution in [0.2, 0.25) is 0 Å². The first-order valence-corrected chi connectivity index (χ1v) is 6.45. The molecule has 0 aliphatic carbocycles. The molecule has 0 aromatic carbocycles. The van der Waals surface area contributed by atoms with Crippen molar-refractivity contribution < 1.29 is 0 Å². The van der Waals surface area contributed by atoms with E-state index in [-0.39, 0.29) is 11.5 Å². The Bertz CT molecular complexity index is 419. The molecule has 2 heterocycles. The third kappa shape index (κ3) is 3.16. The van der Waals surface area contributed by atoms with E-state index in [0.29, 0.717) is 5.92 Å². The fourth-order valence-corrected chi connectivity index (χ4v) is 2.33. The highest BCUT2D eigenvalue weighted by Gasteiger charge is 2.15. The van der Waals surface area contributed by atoms with Crippen LogP contribution in [0.1, 0.15) is 44.0 Å². The number of aromatic nitrogens is 2. The van der Waals surface area contributed by atoms with Crippen LogP contribution < -0.4 is 10.9 Å². The Morgan fingerprint density at radius 3 is 2.94 bits per heavy atom. The normalized spacial score (nSPS) is 20.8. The smallest absolute Gasteiger partial charge is 0.254 e. The molecule has 1 saturated heterocycles. The summed E-state index contributed by atoms with van der Waals surface area (Å²) in [6.45, 7) is 6.18. The minimum absolute atomic E-state index is 0.0220. The summed E-state index contributed by atoms with van der Waals surface area (Å²) in [6.07, 6.45) is 5.05. The van der Waals surface area contributed by atoms with Gasteiger partial charge in [-0.3, -0.25) is 4.79 Å². The first-order valence-electron chi connectivity index (χ1n) is 6.45. The number of nitrogens with zero attached hydrogens (tertiary/aromatic N) is 1. The van der Waals surface area contributed by atoms with Crippen LogP contribution in [0.15, 0.2) is 11.0 Å². The minimum Gasteiger partial charge on any atom is -0.316 e. The Hall–Kier alpha value is -1.16. The number of rotatable bonds is 3. The zero-order chi connectivity index (χ0) is 12.3. The zero-order valence-electron chi connectivity index (χ0n) is 10.6. The second-order valence-electron chi connectivity index (χ2n) is 5.19. The predicted octanol–water partition coefficient (Wildman–Crippen LogP) is 1.44. The van der Waals surface area contributed by atoms with Gasteiger partial charge < -0.3 is 10.3 Å². The first kappa shape index (κ1) is 12.3. The molecular weight excluding hydrogens is 214 g/mol. The van der Waals surface area contributed by atoms with Gasteiger partial charge in [-0.25, -0.2) is 4.98 Å². The van der Waals surface area contributed by atoms with E-state index in [1.807, 2.05) is 13.8 Å². The van der Waals surface area contributed by atoms with Crippen molar-refractivity contribution in [3.8, 4) is 0 Å². The van der Waals surface area contributed by atoms with Gasteiger partial charge in [0.25, 0.3) is 5.56 Å². The molecule has 1 aliphatic heterocycles. The average Bonchev–Trinajstić information content (AvgIpc) is 2.30. The molecule has 2 N–H and O–H groups in total. The molecule has 0 spiro atoms. The zero-order valence-corrected chi connectivity index (χ0v) is 10.6. The van der Waals surface area contributed by atoms with Gasteiger partial charge in [-0.05, 0) is 37.8 Å². The van der Waals surface area contributed by atoms with Gasteiger partial charge in [-0.2, -0.15) is 0 Å². The summed E-state index contributed by atoms with van der Waals surface area (Å²) in [5.41, 5.74) is 0.796. The van der Waals surface area contributed by atoms with E-state index in [0.717, 1.165) is 30.9 Å². The molecule has 1 aromatic heterocycles. The molecule has 4 nitrogen and oxygen atoms in total. The highest BCUT2D eigenvalue weighted by molar-refractivity contribution is 5.10. The molecule has 0 amide bonds. The monoisotopic (exact) mass is 235 g/mol. The lowest BCUT2D eigenvalue weighted by Gasteiger charge is -2.22. The molecule has 1 aliphatic rings. The number of piperidine rings is 1. The Kier molecular flexibility index (Phi) is 3.94. The topological polar surface area (TPSA) is 57.8 Å². The number of aromatic amines is 1. The Labute approximate surface area is 102 Å². The highest BCUT2D eigenvalue weighted by Crippen LogP contribution is 2.14. The fourth-order valence-electron chi connectivity index (χ4n) is 2.33. The van der Waals surface area contributed by atoms with Gasteiger partial charge in [-0.1, -0.05) is 13.8 Å². The molecule has 1 aromatic rings. The van der Waals surface area contributed by atoms with Crippen LogP contribution in [-0.2, 0) is 6.42 Å². The van der Waals surface area contributed by atoms with Crippen molar-refractivity contribution in [1.82, 2.24) is 15.3 Å². The minimum atomic E-state index is 0.0220. The number of H-pyrrole nitrogens is 1. The second-order valence-corrected chi connectivity index (χ2v) is 5.19. The molecule has 1 fully saturated rings. The standard InChI is InChI=1S/C13H21N3O/c1-9(2)11-8-15-12(16-13(11)17)6-10-4-3-5-14-7-10/h8-10,14H,3-7H2,1-2H3,(H,15,16,17). The average molecular weight is 235 g/mol. The van der Waals surface area contributed by atoms with Crippen molar-refractivity contribution in [3.63, 3.8) is 0 Å². The van der Waals surface area contributed by atoms with Crippen LogP contribution >= 0.6 is 0 Å². The van der Waals surface area contributed by atoms with Crippen molar-refractivity contribution >= 4 is 0 Å². The van der Waals surface area contributed by atoms with Gasteiger partial charge in [-0.15, -0.1) is 0 Å². The summed E-state index contributed by atoms with van der Waals surface area (Å²) in [5, 5.41) is 3.38. The van der Waals surface area contributed by atoms with E-state index >= 15 is 0 Å². The number of hydrogen-bond donors (Lipinski definition) is 2. The summed E-state index contributed by atoms with van der Waals surface area (Å²) >= 11 is 0. The molecule has 0 bridgehead atoms. The molecule has 17 heavy (non-hydrogen) atoms. The van der Waals surface area contributed by atoms with E-state index in [9.17, 15) is 4.79 Å². The summed E-state index contributed by atoms with van der Waals surface area (Å²) in [6, 6.07) is 0. The van der Waals surface area contributed by atoms with Crippen molar-refractivity contribution in [2.75, 3.05) is 13.1 Å². The number of hydrogen-bond acceptors (Lipinski definition) is 3. The summed E-state index contributed by atoms with van der Waals surface area (Å²) in [4.78, 5) is 19.1. The van der Waals surface area contributed by atoms with Gasteiger partial charge >= 0.3 is 0 Å². The molecule has 2 rings (SSSR count). The molecular formula is C13H21N3O. The van der Waals surface area contributed by atoms with Crippen molar-refractivity contribution in [2.45, 2.75) is 39.0 Å². The lowest BCUT2D eigenvalue weighted by Crippen LogP contribution is -2.31. The maximum atomic E-state index is 11.8. The third-order valence-electron chi connectivity index (χ3n) is 3.38. The summed E-state index contributed by atoms with van der Waals surface area (Å²) < 4.78 is 0. The van der Waals surface area contributed by atoms with E-state index in [1.165, 1.54) is 12.8 Å². The second kappa shape index (κ2) is 5.45. The van der Waals surface area contributed by atoms with E-state index in [1.54, 1.807) is 6.20 Å². The van der Waals surface area contributed by atoms with Gasteiger partial charge in [0.1, 0.15) is 5.82 Å². The van der Waals surface area contributed by atoms with Crippen molar-refractivity contribution in [2.24, 2.45) is 5.92 Å². The fraction of sp³-hybridized carbons (Fsp3) is 0.692. The Morgan fingerprint density at radius 2 is 2.35 bits per heavy atom. The SMILES string of the molecule is CC(C)c1cnc(CC2CCCNC2)[nH]c1=O. The summed E-state index contributed by atoms with van der Waals surface area (Å²) in [7, 11) is 0. The van der Waals surface area contributed by atoms with Crippen LogP contribution in [0, 0.1) is 5.92 Å². The van der Waals surface area contributed by atoms with Crippen LogP contribution in [0.4, 0.5) is 0 Å². The molecule has 94 valence electrons. The van der Waals surface area contributed by atoms with Crippen LogP contribution in [0.5, 0.6) is 0 Å². The quantitative estimate of drug-likeness (QED) is 0.833. The molecule has 4 heteroatoms. The number of nitrogens with one attached hydrogen (secondary N) is 2. The highest BCUT2D eigenvalue weighted by atomic mass is 16.1.